The van der Waals surface area contributed by atoms with Gasteiger partial charge in [-0.05, 0) is 86.1 Å². The van der Waals surface area contributed by atoms with Crippen molar-refractivity contribution >= 4 is 32.7 Å². The number of nitriles is 1. The van der Waals surface area contributed by atoms with Gasteiger partial charge in [-0.3, -0.25) is 0 Å². The number of nitrogens with zero attached hydrogens (tertiary/aromatic N) is 4. The quantitative estimate of drug-likeness (QED) is 0.161. The summed E-state index contributed by atoms with van der Waals surface area (Å²) in [7, 11) is 0. The Hall–Kier alpha value is -8.46. The van der Waals surface area contributed by atoms with E-state index < -0.39 is 0 Å². The highest BCUT2D eigenvalue weighted by Gasteiger charge is 2.16. The van der Waals surface area contributed by atoms with E-state index in [-0.39, 0.29) is 0 Å². The smallest absolute Gasteiger partial charge is 0.164 e. The molecular weight excluding hydrogens is 745 g/mol. The van der Waals surface area contributed by atoms with Crippen molar-refractivity contribution in [2.75, 3.05) is 0 Å². The predicted octanol–water partition coefficient (Wildman–Crippen LogP) is 14.5. The number of rotatable bonds is 7. The summed E-state index contributed by atoms with van der Waals surface area (Å²) in [4.78, 5) is 14.9. The highest BCUT2D eigenvalue weighted by atomic mass is 16.3. The van der Waals surface area contributed by atoms with Crippen molar-refractivity contribution in [3.05, 3.63) is 212 Å². The van der Waals surface area contributed by atoms with Crippen LogP contribution >= 0.6 is 0 Å². The maximum Gasteiger partial charge on any atom is 0.164 e. The molecule has 0 saturated carbocycles. The van der Waals surface area contributed by atoms with Gasteiger partial charge in [-0.25, -0.2) is 15.0 Å². The molecule has 0 aliphatic heterocycles. The van der Waals surface area contributed by atoms with E-state index in [1.807, 2.05) is 66.7 Å². The third-order valence-electron chi connectivity index (χ3n) is 11.3. The van der Waals surface area contributed by atoms with Crippen LogP contribution in [-0.2, 0) is 0 Å². The third-order valence-corrected chi connectivity index (χ3v) is 11.3. The normalized spacial score (nSPS) is 11.3. The van der Waals surface area contributed by atoms with Gasteiger partial charge in [-0.15, -0.1) is 0 Å². The first-order valence-electron chi connectivity index (χ1n) is 20.2. The minimum Gasteiger partial charge on any atom is -0.455 e. The molecule has 5 nitrogen and oxygen atoms in total. The van der Waals surface area contributed by atoms with Gasteiger partial charge in [0.15, 0.2) is 17.5 Å². The van der Waals surface area contributed by atoms with Crippen LogP contribution in [0, 0.1) is 11.3 Å². The van der Waals surface area contributed by atoms with Crippen LogP contribution < -0.4 is 0 Å². The van der Waals surface area contributed by atoms with Crippen molar-refractivity contribution in [2.45, 2.75) is 0 Å². The van der Waals surface area contributed by atoms with Gasteiger partial charge in [0.25, 0.3) is 0 Å². The molecule has 0 radical (unpaired) electrons. The molecule has 0 amide bonds. The van der Waals surface area contributed by atoms with Crippen molar-refractivity contribution in [2.24, 2.45) is 0 Å². The van der Waals surface area contributed by atoms with E-state index in [4.69, 9.17) is 19.4 Å². The molecule has 0 aliphatic carbocycles. The molecule has 0 saturated heterocycles. The Morgan fingerprint density at radius 2 is 0.820 bits per heavy atom. The summed E-state index contributed by atoms with van der Waals surface area (Å²) in [6.45, 7) is 0. The zero-order valence-corrected chi connectivity index (χ0v) is 32.8. The molecule has 61 heavy (non-hydrogen) atoms. The Balaban J connectivity index is 0.925. The van der Waals surface area contributed by atoms with E-state index in [0.717, 1.165) is 93.9 Å². The van der Waals surface area contributed by atoms with Gasteiger partial charge in [0.05, 0.1) is 11.6 Å². The minimum atomic E-state index is 0.594. The summed E-state index contributed by atoms with van der Waals surface area (Å²) >= 11 is 0. The fraction of sp³-hybridized carbons (Fsp3) is 0. The molecule has 5 heteroatoms. The highest BCUT2D eigenvalue weighted by Crippen LogP contribution is 2.38. The predicted molar refractivity (Wildman–Crippen MR) is 247 cm³/mol. The zero-order chi connectivity index (χ0) is 40.7. The molecule has 11 rings (SSSR count). The first kappa shape index (κ1) is 35.7. The van der Waals surface area contributed by atoms with E-state index in [2.05, 4.69) is 146 Å². The fourth-order valence-electron chi connectivity index (χ4n) is 8.20. The van der Waals surface area contributed by atoms with Crippen molar-refractivity contribution < 1.29 is 4.42 Å². The molecule has 0 bridgehead atoms. The molecule has 2 aromatic heterocycles. The molecule has 2 heterocycles. The van der Waals surface area contributed by atoms with Crippen LogP contribution in [0.4, 0.5) is 0 Å². The summed E-state index contributed by atoms with van der Waals surface area (Å²) in [5.41, 5.74) is 13.4. The largest absolute Gasteiger partial charge is 0.455 e. The summed E-state index contributed by atoms with van der Waals surface area (Å²) in [6.07, 6.45) is 0. The monoisotopic (exact) mass is 778 g/mol. The Labute approximate surface area is 352 Å². The van der Waals surface area contributed by atoms with Crippen LogP contribution in [0.3, 0.4) is 0 Å². The third kappa shape index (κ3) is 6.78. The lowest BCUT2D eigenvalue weighted by molar-refractivity contribution is 0.670. The summed E-state index contributed by atoms with van der Waals surface area (Å²) in [5, 5.41) is 14.5. The number of hydrogen-bond donors (Lipinski definition) is 0. The lowest BCUT2D eigenvalue weighted by Crippen LogP contribution is -2.00. The number of aromatic nitrogens is 3. The number of hydrogen-bond acceptors (Lipinski definition) is 5. The standard InChI is InChI=1S/C56H34N4O/c57-35-36-30-46(34-48(31-36)49-15-9-16-51-50-14-7-8-17-52(50)61-53(49)51)45-29-23-40-22-28-44(32-47(40)33-45)39-20-26-43(27-21-39)56-59-54(41-12-5-2-6-13-41)58-55(60-56)42-24-18-38(19-25-42)37-10-3-1-4-11-37/h1-34H. The van der Waals surface area contributed by atoms with Gasteiger partial charge < -0.3 is 4.42 Å². The van der Waals surface area contributed by atoms with Gasteiger partial charge in [0, 0.05) is 33.0 Å². The maximum atomic E-state index is 10.1. The van der Waals surface area contributed by atoms with Gasteiger partial charge >= 0.3 is 0 Å². The second-order valence-corrected chi connectivity index (χ2v) is 15.2. The van der Waals surface area contributed by atoms with Gasteiger partial charge in [-0.2, -0.15) is 5.26 Å². The first-order valence-corrected chi connectivity index (χ1v) is 20.2. The molecule has 0 unspecified atom stereocenters. The lowest BCUT2D eigenvalue weighted by Gasteiger charge is -2.11. The van der Waals surface area contributed by atoms with Gasteiger partial charge in [0.1, 0.15) is 11.2 Å². The van der Waals surface area contributed by atoms with Crippen molar-refractivity contribution in [1.29, 1.82) is 5.26 Å². The number of benzene rings is 9. The molecule has 0 spiro atoms. The van der Waals surface area contributed by atoms with E-state index in [9.17, 15) is 5.26 Å². The number of para-hydroxylation sites is 2. The van der Waals surface area contributed by atoms with Crippen molar-refractivity contribution in [3.63, 3.8) is 0 Å². The number of fused-ring (bicyclic) bond motifs is 4. The van der Waals surface area contributed by atoms with E-state index in [0.29, 0.717) is 23.0 Å². The molecule has 0 aliphatic rings. The summed E-state index contributed by atoms with van der Waals surface area (Å²) in [5.74, 6) is 1.86. The average molecular weight is 779 g/mol. The molecule has 11 aromatic rings. The molecule has 0 atom stereocenters. The second-order valence-electron chi connectivity index (χ2n) is 15.2. The zero-order valence-electron chi connectivity index (χ0n) is 32.8. The van der Waals surface area contributed by atoms with Crippen LogP contribution in [0.5, 0.6) is 0 Å². The Morgan fingerprint density at radius 1 is 0.344 bits per heavy atom. The molecule has 0 N–H and O–H groups in total. The molecule has 284 valence electrons. The van der Waals surface area contributed by atoms with E-state index in [1.165, 1.54) is 0 Å². The van der Waals surface area contributed by atoms with Crippen LogP contribution in [0.25, 0.3) is 111 Å². The Morgan fingerprint density at radius 3 is 1.46 bits per heavy atom. The Bertz CT molecular complexity index is 3460. The van der Waals surface area contributed by atoms with Crippen LogP contribution in [0.2, 0.25) is 0 Å². The van der Waals surface area contributed by atoms with Gasteiger partial charge in [-0.1, -0.05) is 170 Å². The summed E-state index contributed by atoms with van der Waals surface area (Å²) < 4.78 is 6.37. The van der Waals surface area contributed by atoms with Gasteiger partial charge in [0.2, 0.25) is 0 Å². The van der Waals surface area contributed by atoms with E-state index in [1.54, 1.807) is 0 Å². The van der Waals surface area contributed by atoms with Crippen LogP contribution in [0.15, 0.2) is 211 Å². The highest BCUT2D eigenvalue weighted by molar-refractivity contribution is 6.09. The lowest BCUT2D eigenvalue weighted by atomic mass is 9.93. The SMILES string of the molecule is N#Cc1cc(-c2ccc3ccc(-c4ccc(-c5nc(-c6ccccc6)nc(-c6ccc(-c7ccccc7)cc6)n5)cc4)cc3c2)cc(-c2cccc3c2oc2ccccc23)c1. The minimum absolute atomic E-state index is 0.594. The summed E-state index contributed by atoms with van der Waals surface area (Å²) in [6, 6.07) is 73.0. The molecular formula is C56H34N4O. The first-order chi connectivity index (χ1) is 30.1. The van der Waals surface area contributed by atoms with Crippen LogP contribution in [-0.4, -0.2) is 15.0 Å². The number of furan rings is 1. The average Bonchev–Trinajstić information content (AvgIpc) is 3.73. The topological polar surface area (TPSA) is 75.6 Å². The maximum absolute atomic E-state index is 10.1. The van der Waals surface area contributed by atoms with Crippen molar-refractivity contribution in [1.82, 2.24) is 15.0 Å². The Kier molecular flexibility index (Phi) is 8.80. The fourth-order valence-corrected chi connectivity index (χ4v) is 8.20. The van der Waals surface area contributed by atoms with E-state index >= 15 is 0 Å². The van der Waals surface area contributed by atoms with Crippen molar-refractivity contribution in [3.8, 4) is 84.7 Å². The second kappa shape index (κ2) is 15.0. The molecule has 9 aromatic carbocycles. The molecule has 0 fully saturated rings. The van der Waals surface area contributed by atoms with Crippen LogP contribution in [0.1, 0.15) is 5.56 Å².